The second-order valence-electron chi connectivity index (χ2n) is 3.25. The van der Waals surface area contributed by atoms with E-state index in [1.807, 2.05) is 0 Å². The Hall–Kier alpha value is -1.75. The largest absolute Gasteiger partial charge is 0.355 e. The lowest BCUT2D eigenvalue weighted by atomic mass is 10.2. The van der Waals surface area contributed by atoms with Crippen LogP contribution in [0.25, 0.3) is 0 Å². The fraction of sp³-hybridized carbons (Fsp3) is 0. The lowest BCUT2D eigenvalue weighted by Gasteiger charge is -2.07. The average molecular weight is 259 g/mol. The molecule has 0 saturated heterocycles. The van der Waals surface area contributed by atoms with Gasteiger partial charge in [-0.2, -0.15) is 0 Å². The molecule has 2 rings (SSSR count). The number of pyridine rings is 1. The molecule has 88 valence electrons. The molecular weight excluding hydrogens is 253 g/mol. The first-order valence-electron chi connectivity index (χ1n) is 4.59. The molecule has 0 amide bonds. The SMILES string of the molecule is Fc1cc(Nc2ccnc(Cl)c2)cc(F)c1F. The lowest BCUT2D eigenvalue weighted by molar-refractivity contribution is 0.448. The molecule has 0 bridgehead atoms. The third kappa shape index (κ3) is 2.68. The van der Waals surface area contributed by atoms with Crippen LogP contribution in [0.4, 0.5) is 24.5 Å². The number of nitrogens with one attached hydrogen (secondary N) is 1. The molecular formula is C11H6ClF3N2. The summed E-state index contributed by atoms with van der Waals surface area (Å²) in [5.74, 6) is -4.01. The van der Waals surface area contributed by atoms with Crippen molar-refractivity contribution in [3.8, 4) is 0 Å². The van der Waals surface area contributed by atoms with Crippen LogP contribution in [0, 0.1) is 17.5 Å². The van der Waals surface area contributed by atoms with Gasteiger partial charge in [-0.3, -0.25) is 0 Å². The molecule has 1 aromatic heterocycles. The van der Waals surface area contributed by atoms with Gasteiger partial charge >= 0.3 is 0 Å². The molecule has 0 fully saturated rings. The van der Waals surface area contributed by atoms with E-state index in [0.29, 0.717) is 5.69 Å². The van der Waals surface area contributed by atoms with Crippen molar-refractivity contribution >= 4 is 23.0 Å². The number of nitrogens with zero attached hydrogens (tertiary/aromatic N) is 1. The van der Waals surface area contributed by atoms with Crippen LogP contribution in [-0.4, -0.2) is 4.98 Å². The third-order valence-electron chi connectivity index (χ3n) is 2.00. The summed E-state index contributed by atoms with van der Waals surface area (Å²) in [6.07, 6.45) is 1.43. The first-order chi connectivity index (χ1) is 8.06. The van der Waals surface area contributed by atoms with Gasteiger partial charge in [-0.25, -0.2) is 18.2 Å². The van der Waals surface area contributed by atoms with Crippen LogP contribution < -0.4 is 5.32 Å². The highest BCUT2D eigenvalue weighted by Crippen LogP contribution is 2.22. The van der Waals surface area contributed by atoms with E-state index in [1.54, 1.807) is 6.07 Å². The Kier molecular flexibility index (Phi) is 3.19. The quantitative estimate of drug-likeness (QED) is 0.653. The van der Waals surface area contributed by atoms with Gasteiger partial charge in [0.15, 0.2) is 17.5 Å². The van der Waals surface area contributed by atoms with Crippen LogP contribution in [0.15, 0.2) is 30.5 Å². The Bertz CT molecular complexity index is 537. The van der Waals surface area contributed by atoms with Crippen LogP contribution in [0.3, 0.4) is 0 Å². The standard InChI is InChI=1S/C11H6ClF3N2/c12-10-5-6(1-2-16-10)17-7-3-8(13)11(15)9(14)4-7/h1-5H,(H,16,17). The fourth-order valence-electron chi connectivity index (χ4n) is 1.27. The topological polar surface area (TPSA) is 24.9 Å². The Morgan fingerprint density at radius 3 is 2.24 bits per heavy atom. The molecule has 0 aliphatic heterocycles. The summed E-state index contributed by atoms with van der Waals surface area (Å²) in [6.45, 7) is 0. The average Bonchev–Trinajstić information content (AvgIpc) is 2.26. The predicted octanol–water partition coefficient (Wildman–Crippen LogP) is 3.90. The minimum Gasteiger partial charge on any atom is -0.355 e. The molecule has 1 heterocycles. The Labute approximate surface area is 100 Å². The molecule has 0 spiro atoms. The van der Waals surface area contributed by atoms with Gasteiger partial charge in [0.2, 0.25) is 0 Å². The molecule has 0 saturated carbocycles. The van der Waals surface area contributed by atoms with Gasteiger partial charge in [-0.05, 0) is 12.1 Å². The molecule has 2 nitrogen and oxygen atoms in total. The van der Waals surface area contributed by atoms with Gasteiger partial charge in [-0.1, -0.05) is 11.6 Å². The van der Waals surface area contributed by atoms with Gasteiger partial charge < -0.3 is 5.32 Å². The minimum absolute atomic E-state index is 0.0867. The summed E-state index contributed by atoms with van der Waals surface area (Å²) in [5.41, 5.74) is 0.582. The van der Waals surface area contributed by atoms with Crippen molar-refractivity contribution in [3.63, 3.8) is 0 Å². The van der Waals surface area contributed by atoms with E-state index >= 15 is 0 Å². The molecule has 1 aromatic carbocycles. The number of aromatic nitrogens is 1. The van der Waals surface area contributed by atoms with Crippen LogP contribution in [0.1, 0.15) is 0 Å². The zero-order valence-electron chi connectivity index (χ0n) is 8.35. The maximum atomic E-state index is 12.9. The maximum absolute atomic E-state index is 12.9. The van der Waals surface area contributed by atoms with E-state index in [4.69, 9.17) is 11.6 Å². The van der Waals surface area contributed by atoms with Crippen molar-refractivity contribution in [1.82, 2.24) is 4.98 Å². The number of halogens is 4. The second-order valence-corrected chi connectivity index (χ2v) is 3.63. The van der Waals surface area contributed by atoms with Crippen molar-refractivity contribution in [2.75, 3.05) is 5.32 Å². The van der Waals surface area contributed by atoms with Gasteiger partial charge in [0.05, 0.1) is 0 Å². The zero-order chi connectivity index (χ0) is 12.4. The smallest absolute Gasteiger partial charge is 0.194 e. The summed E-state index contributed by atoms with van der Waals surface area (Å²) >= 11 is 5.64. The van der Waals surface area contributed by atoms with Gasteiger partial charge in [0.25, 0.3) is 0 Å². The van der Waals surface area contributed by atoms with Crippen molar-refractivity contribution < 1.29 is 13.2 Å². The van der Waals surface area contributed by atoms with Crippen LogP contribution in [0.2, 0.25) is 5.15 Å². The Morgan fingerprint density at radius 2 is 1.65 bits per heavy atom. The van der Waals surface area contributed by atoms with E-state index in [1.165, 1.54) is 12.3 Å². The normalized spacial score (nSPS) is 10.4. The molecule has 2 aromatic rings. The van der Waals surface area contributed by atoms with Crippen molar-refractivity contribution in [2.24, 2.45) is 0 Å². The van der Waals surface area contributed by atoms with Crippen LogP contribution >= 0.6 is 11.6 Å². The first kappa shape index (κ1) is 11.7. The van der Waals surface area contributed by atoms with Crippen LogP contribution in [-0.2, 0) is 0 Å². The summed E-state index contributed by atoms with van der Waals surface area (Å²) in [7, 11) is 0. The second kappa shape index (κ2) is 4.63. The number of rotatable bonds is 2. The van der Waals surface area contributed by atoms with Gasteiger partial charge in [0, 0.05) is 29.7 Å². The highest BCUT2D eigenvalue weighted by Gasteiger charge is 2.10. The maximum Gasteiger partial charge on any atom is 0.194 e. The van der Waals surface area contributed by atoms with Crippen molar-refractivity contribution in [2.45, 2.75) is 0 Å². The van der Waals surface area contributed by atoms with Crippen molar-refractivity contribution in [1.29, 1.82) is 0 Å². The van der Waals surface area contributed by atoms with Gasteiger partial charge in [-0.15, -0.1) is 0 Å². The van der Waals surface area contributed by atoms with E-state index in [9.17, 15) is 13.2 Å². The molecule has 0 aliphatic carbocycles. The third-order valence-corrected chi connectivity index (χ3v) is 2.21. The van der Waals surface area contributed by atoms with E-state index < -0.39 is 17.5 Å². The number of benzene rings is 1. The molecule has 6 heteroatoms. The molecule has 0 aliphatic rings. The summed E-state index contributed by atoms with van der Waals surface area (Å²) in [6, 6.07) is 4.74. The summed E-state index contributed by atoms with van der Waals surface area (Å²) < 4.78 is 38.6. The van der Waals surface area contributed by atoms with Gasteiger partial charge in [0.1, 0.15) is 5.15 Å². The molecule has 1 N–H and O–H groups in total. The van der Waals surface area contributed by atoms with E-state index in [-0.39, 0.29) is 10.8 Å². The zero-order valence-corrected chi connectivity index (χ0v) is 9.10. The highest BCUT2D eigenvalue weighted by atomic mass is 35.5. The minimum atomic E-state index is -1.50. The Morgan fingerprint density at radius 1 is 1.00 bits per heavy atom. The fourth-order valence-corrected chi connectivity index (χ4v) is 1.45. The highest BCUT2D eigenvalue weighted by molar-refractivity contribution is 6.29. The molecule has 0 atom stereocenters. The predicted molar refractivity (Wildman–Crippen MR) is 58.8 cm³/mol. The van der Waals surface area contributed by atoms with Crippen molar-refractivity contribution in [3.05, 3.63) is 53.1 Å². The number of anilines is 2. The monoisotopic (exact) mass is 258 g/mol. The lowest BCUT2D eigenvalue weighted by Crippen LogP contribution is -1.96. The summed E-state index contributed by atoms with van der Waals surface area (Å²) in [4.78, 5) is 3.75. The molecule has 0 unspecified atom stereocenters. The van der Waals surface area contributed by atoms with E-state index in [2.05, 4.69) is 10.3 Å². The first-order valence-corrected chi connectivity index (χ1v) is 4.97. The number of hydrogen-bond donors (Lipinski definition) is 1. The Balaban J connectivity index is 2.31. The number of hydrogen-bond acceptors (Lipinski definition) is 2. The summed E-state index contributed by atoms with van der Waals surface area (Å²) in [5, 5.41) is 2.92. The molecule has 0 radical (unpaired) electrons. The van der Waals surface area contributed by atoms with Crippen LogP contribution in [0.5, 0.6) is 0 Å². The van der Waals surface area contributed by atoms with E-state index in [0.717, 1.165) is 12.1 Å². The molecule has 17 heavy (non-hydrogen) atoms.